The van der Waals surface area contributed by atoms with E-state index in [4.69, 9.17) is 4.74 Å². The summed E-state index contributed by atoms with van der Waals surface area (Å²) in [5.41, 5.74) is 2.48. The van der Waals surface area contributed by atoms with E-state index in [1.54, 1.807) is 17.0 Å². The Bertz CT molecular complexity index is 973. The second-order valence-corrected chi connectivity index (χ2v) is 6.70. The van der Waals surface area contributed by atoms with Crippen molar-refractivity contribution in [1.29, 1.82) is 0 Å². The molecule has 2 heterocycles. The standard InChI is InChI=1S/C21H20F2N2O3/c22-21(23)28-17-5-3-4-14(11-17)20(26)25-8-9-27-13-16(25)10-15-12-24-19-7-2-1-6-18(15)19/h1-7,11-12,16,21,24H,8-10,13H2/t16-/m1/s1. The van der Waals surface area contributed by atoms with Gasteiger partial charge in [-0.1, -0.05) is 24.3 Å². The van der Waals surface area contributed by atoms with E-state index in [1.165, 1.54) is 12.1 Å². The van der Waals surface area contributed by atoms with E-state index < -0.39 is 6.61 Å². The Hall–Kier alpha value is -2.93. The van der Waals surface area contributed by atoms with Crippen molar-refractivity contribution in [3.8, 4) is 5.75 Å². The summed E-state index contributed by atoms with van der Waals surface area (Å²) < 4.78 is 35.0. The van der Waals surface area contributed by atoms with E-state index in [2.05, 4.69) is 9.72 Å². The number of ether oxygens (including phenoxy) is 2. The van der Waals surface area contributed by atoms with Crippen molar-refractivity contribution in [2.24, 2.45) is 0 Å². The van der Waals surface area contributed by atoms with Crippen LogP contribution in [0.5, 0.6) is 5.75 Å². The molecule has 0 unspecified atom stereocenters. The molecule has 4 rings (SSSR count). The highest BCUT2D eigenvalue weighted by atomic mass is 19.3. The predicted octanol–water partition coefficient (Wildman–Crippen LogP) is 3.85. The molecule has 3 aromatic rings. The normalized spacial score (nSPS) is 17.2. The first-order valence-electron chi connectivity index (χ1n) is 9.10. The van der Waals surface area contributed by atoms with Gasteiger partial charge in [-0.3, -0.25) is 4.79 Å². The van der Waals surface area contributed by atoms with E-state index in [-0.39, 0.29) is 17.7 Å². The first-order valence-corrected chi connectivity index (χ1v) is 9.10. The molecule has 1 fully saturated rings. The zero-order valence-electron chi connectivity index (χ0n) is 15.1. The van der Waals surface area contributed by atoms with E-state index >= 15 is 0 Å². The summed E-state index contributed by atoms with van der Waals surface area (Å²) in [7, 11) is 0. The fourth-order valence-electron chi connectivity index (χ4n) is 3.62. The van der Waals surface area contributed by atoms with Gasteiger partial charge in [-0.15, -0.1) is 0 Å². The Morgan fingerprint density at radius 1 is 1.25 bits per heavy atom. The second-order valence-electron chi connectivity index (χ2n) is 6.70. The molecule has 1 aliphatic heterocycles. The number of H-pyrrole nitrogens is 1. The van der Waals surface area contributed by atoms with Gasteiger partial charge in [0.25, 0.3) is 5.91 Å². The first kappa shape index (κ1) is 18.4. The van der Waals surface area contributed by atoms with E-state index in [0.29, 0.717) is 31.7 Å². The topological polar surface area (TPSA) is 54.6 Å². The molecule has 2 aromatic carbocycles. The van der Waals surface area contributed by atoms with Gasteiger partial charge in [0.1, 0.15) is 5.75 Å². The van der Waals surface area contributed by atoms with Crippen LogP contribution >= 0.6 is 0 Å². The Morgan fingerprint density at radius 2 is 2.11 bits per heavy atom. The number of carbonyl (C=O) groups excluding carboxylic acids is 1. The quantitative estimate of drug-likeness (QED) is 0.725. The predicted molar refractivity (Wildman–Crippen MR) is 101 cm³/mol. The van der Waals surface area contributed by atoms with Crippen molar-refractivity contribution in [3.05, 3.63) is 65.9 Å². The van der Waals surface area contributed by atoms with E-state index in [9.17, 15) is 13.6 Å². The molecule has 0 spiro atoms. The van der Waals surface area contributed by atoms with Crippen molar-refractivity contribution in [3.63, 3.8) is 0 Å². The molecule has 7 heteroatoms. The minimum Gasteiger partial charge on any atom is -0.435 e. The lowest BCUT2D eigenvalue weighted by Crippen LogP contribution is -2.49. The monoisotopic (exact) mass is 386 g/mol. The molecule has 0 aliphatic carbocycles. The molecule has 1 atom stereocenters. The zero-order chi connectivity index (χ0) is 19.5. The number of aromatic amines is 1. The lowest BCUT2D eigenvalue weighted by atomic mass is 10.0. The number of halogens is 2. The van der Waals surface area contributed by atoms with Gasteiger partial charge >= 0.3 is 6.61 Å². The van der Waals surface area contributed by atoms with E-state index in [0.717, 1.165) is 16.5 Å². The number of amides is 1. The zero-order valence-corrected chi connectivity index (χ0v) is 15.1. The smallest absolute Gasteiger partial charge is 0.387 e. The molecular formula is C21H20F2N2O3. The first-order chi connectivity index (χ1) is 13.6. The Kier molecular flexibility index (Phi) is 5.25. The number of aromatic nitrogens is 1. The summed E-state index contributed by atoms with van der Waals surface area (Å²) in [5.74, 6) is -0.241. The van der Waals surface area contributed by atoms with Gasteiger partial charge < -0.3 is 19.4 Å². The van der Waals surface area contributed by atoms with Crippen LogP contribution in [0.25, 0.3) is 10.9 Å². The number of hydrogen-bond donors (Lipinski definition) is 1. The van der Waals surface area contributed by atoms with Crippen LogP contribution < -0.4 is 4.74 Å². The molecule has 1 amide bonds. The number of para-hydroxylation sites is 1. The average Bonchev–Trinajstić information content (AvgIpc) is 3.11. The van der Waals surface area contributed by atoms with Crippen LogP contribution in [0.4, 0.5) is 8.78 Å². The van der Waals surface area contributed by atoms with Crippen molar-refractivity contribution in [1.82, 2.24) is 9.88 Å². The SMILES string of the molecule is O=C(c1cccc(OC(F)F)c1)N1CCOC[C@H]1Cc1c[nH]c2ccccc12. The average molecular weight is 386 g/mol. The Morgan fingerprint density at radius 3 is 2.96 bits per heavy atom. The minimum atomic E-state index is -2.93. The third kappa shape index (κ3) is 3.84. The minimum absolute atomic E-state index is 0.0257. The molecular weight excluding hydrogens is 366 g/mol. The second kappa shape index (κ2) is 7.98. The molecule has 1 N–H and O–H groups in total. The Balaban J connectivity index is 1.56. The molecule has 1 saturated heterocycles. The molecule has 1 aromatic heterocycles. The summed E-state index contributed by atoms with van der Waals surface area (Å²) in [6, 6.07) is 13.8. The lowest BCUT2D eigenvalue weighted by Gasteiger charge is -2.35. The van der Waals surface area contributed by atoms with Gasteiger partial charge in [-0.25, -0.2) is 0 Å². The fourth-order valence-corrected chi connectivity index (χ4v) is 3.62. The number of nitrogens with one attached hydrogen (secondary N) is 1. The van der Waals surface area contributed by atoms with Crippen molar-refractivity contribution < 1.29 is 23.0 Å². The summed E-state index contributed by atoms with van der Waals surface area (Å²) in [6.07, 6.45) is 2.60. The lowest BCUT2D eigenvalue weighted by molar-refractivity contribution is -0.0499. The summed E-state index contributed by atoms with van der Waals surface area (Å²) in [5, 5.41) is 1.12. The number of alkyl halides is 2. The summed E-state index contributed by atoms with van der Waals surface area (Å²) in [4.78, 5) is 18.1. The van der Waals surface area contributed by atoms with Crippen molar-refractivity contribution in [2.45, 2.75) is 19.1 Å². The molecule has 28 heavy (non-hydrogen) atoms. The molecule has 146 valence electrons. The van der Waals surface area contributed by atoms with Gasteiger partial charge in [0, 0.05) is 29.2 Å². The number of benzene rings is 2. The van der Waals surface area contributed by atoms with Crippen LogP contribution in [-0.4, -0.2) is 48.2 Å². The highest BCUT2D eigenvalue weighted by Gasteiger charge is 2.29. The van der Waals surface area contributed by atoms with Gasteiger partial charge in [-0.2, -0.15) is 8.78 Å². The molecule has 0 saturated carbocycles. The molecule has 1 aliphatic rings. The summed E-state index contributed by atoms with van der Waals surface area (Å²) >= 11 is 0. The number of morpholine rings is 1. The molecule has 0 radical (unpaired) electrons. The van der Waals surface area contributed by atoms with Crippen LogP contribution in [0.2, 0.25) is 0 Å². The van der Waals surface area contributed by atoms with Crippen LogP contribution in [0, 0.1) is 0 Å². The third-order valence-electron chi connectivity index (χ3n) is 4.93. The van der Waals surface area contributed by atoms with Crippen molar-refractivity contribution in [2.75, 3.05) is 19.8 Å². The third-order valence-corrected chi connectivity index (χ3v) is 4.93. The molecule has 0 bridgehead atoms. The van der Waals surface area contributed by atoms with Crippen molar-refractivity contribution >= 4 is 16.8 Å². The van der Waals surface area contributed by atoms with Crippen LogP contribution in [0.15, 0.2) is 54.7 Å². The Labute approximate surface area is 160 Å². The number of carbonyl (C=O) groups is 1. The maximum Gasteiger partial charge on any atom is 0.387 e. The van der Waals surface area contributed by atoms with Crippen LogP contribution in [0.1, 0.15) is 15.9 Å². The van der Waals surface area contributed by atoms with Gasteiger partial charge in [0.05, 0.1) is 19.3 Å². The largest absolute Gasteiger partial charge is 0.435 e. The highest BCUT2D eigenvalue weighted by molar-refractivity contribution is 5.95. The number of hydrogen-bond acceptors (Lipinski definition) is 3. The highest BCUT2D eigenvalue weighted by Crippen LogP contribution is 2.24. The maximum atomic E-state index is 13.1. The number of fused-ring (bicyclic) bond motifs is 1. The molecule has 5 nitrogen and oxygen atoms in total. The van der Waals surface area contributed by atoms with Crippen LogP contribution in [-0.2, 0) is 11.2 Å². The fraction of sp³-hybridized carbons (Fsp3) is 0.286. The van der Waals surface area contributed by atoms with Gasteiger partial charge in [0.2, 0.25) is 0 Å². The number of nitrogens with zero attached hydrogens (tertiary/aromatic N) is 1. The van der Waals surface area contributed by atoms with Gasteiger partial charge in [-0.05, 0) is 36.2 Å². The summed E-state index contributed by atoms with van der Waals surface area (Å²) in [6.45, 7) is -1.60. The maximum absolute atomic E-state index is 13.1. The van der Waals surface area contributed by atoms with E-state index in [1.807, 2.05) is 30.5 Å². The number of rotatable bonds is 5. The van der Waals surface area contributed by atoms with Crippen LogP contribution in [0.3, 0.4) is 0 Å². The van der Waals surface area contributed by atoms with Gasteiger partial charge in [0.15, 0.2) is 0 Å².